The van der Waals surface area contributed by atoms with Crippen LogP contribution in [0, 0.1) is 13.8 Å². The molecular weight excluding hydrogens is 558 g/mol. The summed E-state index contributed by atoms with van der Waals surface area (Å²) in [5.41, 5.74) is 7.83. The highest BCUT2D eigenvalue weighted by molar-refractivity contribution is 9.10. The van der Waals surface area contributed by atoms with Crippen molar-refractivity contribution in [2.45, 2.75) is 39.7 Å². The summed E-state index contributed by atoms with van der Waals surface area (Å²) in [5, 5.41) is 3.56. The lowest BCUT2D eigenvalue weighted by atomic mass is 10.1. The summed E-state index contributed by atoms with van der Waals surface area (Å²) < 4.78 is 40.3. The highest BCUT2D eigenvalue weighted by atomic mass is 79.9. The molecule has 3 aliphatic heterocycles. The van der Waals surface area contributed by atoms with Crippen LogP contribution < -0.4 is 14.8 Å². The number of ether oxygens (including phenoxy) is 2. The molecule has 37 heavy (non-hydrogen) atoms. The molecule has 3 aromatic rings. The Kier molecular flexibility index (Phi) is 6.04. The second-order valence-corrected chi connectivity index (χ2v) is 12.7. The highest BCUT2D eigenvalue weighted by Gasteiger charge is 2.32. The Morgan fingerprint density at radius 3 is 2.81 bits per heavy atom. The van der Waals surface area contributed by atoms with E-state index < -0.39 is 10.0 Å². The number of rotatable bonds is 6. The number of halogens is 1. The minimum absolute atomic E-state index is 0.0134. The molecule has 0 saturated carbocycles. The van der Waals surface area contributed by atoms with Crippen molar-refractivity contribution in [1.29, 1.82) is 0 Å². The number of sulfonamides is 1. The third-order valence-electron chi connectivity index (χ3n) is 7.28. The van der Waals surface area contributed by atoms with Gasteiger partial charge in [0.1, 0.15) is 5.69 Å². The van der Waals surface area contributed by atoms with Crippen molar-refractivity contribution < 1.29 is 17.9 Å². The minimum atomic E-state index is -3.20. The van der Waals surface area contributed by atoms with Crippen LogP contribution in [-0.2, 0) is 16.4 Å². The van der Waals surface area contributed by atoms with Crippen LogP contribution in [0.5, 0.6) is 11.5 Å². The fourth-order valence-electron chi connectivity index (χ4n) is 5.36. The third kappa shape index (κ3) is 4.22. The van der Waals surface area contributed by atoms with Crippen molar-refractivity contribution in [2.24, 2.45) is 4.99 Å². The summed E-state index contributed by atoms with van der Waals surface area (Å²) in [5.74, 6) is 1.63. The largest absolute Gasteiger partial charge is 0.454 e. The first kappa shape index (κ1) is 24.4. The van der Waals surface area contributed by atoms with Crippen molar-refractivity contribution in [2.75, 3.05) is 31.0 Å². The van der Waals surface area contributed by atoms with Crippen molar-refractivity contribution in [3.05, 3.63) is 57.6 Å². The predicted molar refractivity (Wildman–Crippen MR) is 146 cm³/mol. The smallest absolute Gasteiger partial charge is 0.231 e. The van der Waals surface area contributed by atoms with Crippen LogP contribution in [0.3, 0.4) is 0 Å². The Morgan fingerprint density at radius 1 is 1.19 bits per heavy atom. The molecule has 1 unspecified atom stereocenters. The van der Waals surface area contributed by atoms with E-state index >= 15 is 0 Å². The SMILES string of the molecule is CCS(=O)(=O)N1CCC(Nc2c(Br)cnc3c2N=C(c2cc(C)n(-c4ccc5c(c4)OCO5)c2C)C3)C1. The van der Waals surface area contributed by atoms with E-state index in [2.05, 4.69) is 50.7 Å². The molecule has 194 valence electrons. The molecular formula is C26H28BrN5O4S. The summed E-state index contributed by atoms with van der Waals surface area (Å²) >= 11 is 3.63. The first-order valence-corrected chi connectivity index (χ1v) is 14.7. The molecule has 9 nitrogen and oxygen atoms in total. The zero-order valence-electron chi connectivity index (χ0n) is 20.9. The monoisotopic (exact) mass is 585 g/mol. The fourth-order valence-corrected chi connectivity index (χ4v) is 6.92. The number of nitrogens with zero attached hydrogens (tertiary/aromatic N) is 4. The Hall–Kier alpha value is -2.89. The number of fused-ring (bicyclic) bond motifs is 2. The minimum Gasteiger partial charge on any atom is -0.454 e. The van der Waals surface area contributed by atoms with Crippen LogP contribution in [0.4, 0.5) is 11.4 Å². The molecule has 5 heterocycles. The summed E-state index contributed by atoms with van der Waals surface area (Å²) in [6.45, 7) is 7.09. The molecule has 11 heteroatoms. The average molecular weight is 587 g/mol. The molecule has 1 saturated heterocycles. The van der Waals surface area contributed by atoms with Gasteiger partial charge in [0.25, 0.3) is 0 Å². The van der Waals surface area contributed by atoms with Crippen molar-refractivity contribution in [3.8, 4) is 17.2 Å². The Balaban J connectivity index is 1.30. The van der Waals surface area contributed by atoms with E-state index in [1.807, 2.05) is 18.2 Å². The molecule has 0 bridgehead atoms. The Morgan fingerprint density at radius 2 is 2.00 bits per heavy atom. The molecule has 3 aliphatic rings. The number of benzene rings is 1. The number of hydrogen-bond acceptors (Lipinski definition) is 7. The zero-order chi connectivity index (χ0) is 25.9. The molecule has 1 atom stereocenters. The van der Waals surface area contributed by atoms with Crippen LogP contribution >= 0.6 is 15.9 Å². The molecule has 1 N–H and O–H groups in total. The summed E-state index contributed by atoms with van der Waals surface area (Å²) in [6, 6.07) is 8.15. The standard InChI is InChI=1S/C26H28BrN5O4S/c1-4-37(33,34)31-8-7-17(13-31)29-25-20(27)12-28-22-11-21(30-26(22)25)19-9-15(2)32(16(19)3)18-5-6-23-24(10-18)36-14-35-23/h5-6,9-10,12,17H,4,7-8,11,13-14H2,1-3H3,(H,28,29). The fraction of sp³-hybridized carbons (Fsp3) is 0.385. The van der Waals surface area contributed by atoms with Crippen LogP contribution in [0.2, 0.25) is 0 Å². The molecule has 6 rings (SSSR count). The maximum Gasteiger partial charge on any atom is 0.231 e. The summed E-state index contributed by atoms with van der Waals surface area (Å²) in [4.78, 5) is 9.70. The van der Waals surface area contributed by atoms with Gasteiger partial charge in [0.05, 0.1) is 27.3 Å². The topological polar surface area (TPSA) is 98.1 Å². The van der Waals surface area contributed by atoms with E-state index in [1.165, 1.54) is 0 Å². The molecule has 0 amide bonds. The molecule has 1 fully saturated rings. The lowest BCUT2D eigenvalue weighted by Crippen LogP contribution is -2.32. The Bertz CT molecular complexity index is 1550. The normalized spacial score (nSPS) is 18.8. The quantitative estimate of drug-likeness (QED) is 0.457. The Labute approximate surface area is 224 Å². The first-order chi connectivity index (χ1) is 17.7. The van der Waals surface area contributed by atoms with Gasteiger partial charge in [-0.05, 0) is 61.3 Å². The number of aromatic nitrogens is 2. The lowest BCUT2D eigenvalue weighted by molar-refractivity contribution is 0.174. The number of anilines is 1. The van der Waals surface area contributed by atoms with E-state index in [-0.39, 0.29) is 18.6 Å². The maximum absolute atomic E-state index is 12.3. The van der Waals surface area contributed by atoms with E-state index in [4.69, 9.17) is 14.5 Å². The third-order valence-corrected chi connectivity index (χ3v) is 9.73. The van der Waals surface area contributed by atoms with Gasteiger partial charge in [0.15, 0.2) is 11.5 Å². The second kappa shape index (κ2) is 9.14. The first-order valence-electron chi connectivity index (χ1n) is 12.3. The second-order valence-electron chi connectivity index (χ2n) is 9.56. The summed E-state index contributed by atoms with van der Waals surface area (Å²) in [7, 11) is -3.20. The van der Waals surface area contributed by atoms with Crippen LogP contribution in [0.15, 0.2) is 39.9 Å². The van der Waals surface area contributed by atoms with Crippen molar-refractivity contribution >= 4 is 43.0 Å². The van der Waals surface area contributed by atoms with Crippen molar-refractivity contribution in [3.63, 3.8) is 0 Å². The van der Waals surface area contributed by atoms with E-state index in [1.54, 1.807) is 17.4 Å². The average Bonchev–Trinajstić information content (AvgIpc) is 3.66. The van der Waals surface area contributed by atoms with E-state index in [0.717, 1.165) is 67.8 Å². The lowest BCUT2D eigenvalue weighted by Gasteiger charge is -2.18. The molecule has 0 aliphatic carbocycles. The summed E-state index contributed by atoms with van der Waals surface area (Å²) in [6.07, 6.45) is 3.17. The van der Waals surface area contributed by atoms with Gasteiger partial charge in [-0.25, -0.2) is 13.4 Å². The molecule has 0 radical (unpaired) electrons. The van der Waals surface area contributed by atoms with Crippen LogP contribution in [-0.4, -0.2) is 59.7 Å². The highest BCUT2D eigenvalue weighted by Crippen LogP contribution is 2.41. The number of aliphatic imine (C=N–C) groups is 1. The van der Waals surface area contributed by atoms with Gasteiger partial charge in [-0.1, -0.05) is 0 Å². The maximum atomic E-state index is 12.3. The number of aryl methyl sites for hydroxylation is 1. The predicted octanol–water partition coefficient (Wildman–Crippen LogP) is 4.49. The van der Waals surface area contributed by atoms with Gasteiger partial charge >= 0.3 is 0 Å². The molecule has 2 aromatic heterocycles. The van der Waals surface area contributed by atoms with Crippen LogP contribution in [0.25, 0.3) is 5.69 Å². The van der Waals surface area contributed by atoms with Gasteiger partial charge in [-0.15, -0.1) is 0 Å². The van der Waals surface area contributed by atoms with Gasteiger partial charge in [0, 0.05) is 60.5 Å². The van der Waals surface area contributed by atoms with E-state index in [0.29, 0.717) is 19.5 Å². The van der Waals surface area contributed by atoms with Crippen molar-refractivity contribution in [1.82, 2.24) is 13.9 Å². The number of hydrogen-bond donors (Lipinski definition) is 1. The molecule has 1 aromatic carbocycles. The van der Waals surface area contributed by atoms with Gasteiger partial charge in [-0.3, -0.25) is 4.98 Å². The molecule has 0 spiro atoms. The van der Waals surface area contributed by atoms with Gasteiger partial charge < -0.3 is 19.4 Å². The van der Waals surface area contributed by atoms with Crippen LogP contribution in [0.1, 0.15) is 36.0 Å². The van der Waals surface area contributed by atoms with E-state index in [9.17, 15) is 8.42 Å². The number of pyridine rings is 1. The van der Waals surface area contributed by atoms with Gasteiger partial charge in [-0.2, -0.15) is 4.31 Å². The van der Waals surface area contributed by atoms with Gasteiger partial charge in [0.2, 0.25) is 16.8 Å². The number of nitrogens with one attached hydrogen (secondary N) is 1. The zero-order valence-corrected chi connectivity index (χ0v) is 23.3.